The van der Waals surface area contributed by atoms with Crippen molar-refractivity contribution in [2.24, 2.45) is 0 Å². The third-order valence-electron chi connectivity index (χ3n) is 5.23. The van der Waals surface area contributed by atoms with Crippen molar-refractivity contribution in [3.05, 3.63) is 0 Å². The Balaban J connectivity index is 1.63. The highest BCUT2D eigenvalue weighted by Crippen LogP contribution is 2.36. The maximum atomic E-state index is 13.1. The second kappa shape index (κ2) is 8.37. The van der Waals surface area contributed by atoms with Gasteiger partial charge in [-0.3, -0.25) is 9.59 Å². The Labute approximate surface area is 158 Å². The Bertz CT molecular complexity index is 635. The molecule has 0 bridgehead atoms. The lowest BCUT2D eigenvalue weighted by molar-refractivity contribution is -0.142. The first-order valence-corrected chi connectivity index (χ1v) is 10.6. The van der Waals surface area contributed by atoms with Gasteiger partial charge in [0.1, 0.15) is 5.54 Å². The molecule has 2 fully saturated rings. The van der Waals surface area contributed by atoms with E-state index in [4.69, 9.17) is 0 Å². The number of tetrazole rings is 1. The minimum Gasteiger partial charge on any atom is -0.341 e. The largest absolute Gasteiger partial charge is 0.341 e. The monoisotopic (exact) mass is 380 g/mol. The Morgan fingerprint density at radius 1 is 1.23 bits per heavy atom. The molecular formula is C17H28N6O2S. The Morgan fingerprint density at radius 3 is 2.54 bits per heavy atom. The fraction of sp³-hybridized carbons (Fsp3) is 0.824. The van der Waals surface area contributed by atoms with E-state index in [9.17, 15) is 9.59 Å². The van der Waals surface area contributed by atoms with Gasteiger partial charge in [-0.1, -0.05) is 31.0 Å². The van der Waals surface area contributed by atoms with Gasteiger partial charge in [-0.15, -0.1) is 5.10 Å². The number of thioether (sulfide) groups is 1. The van der Waals surface area contributed by atoms with Crippen molar-refractivity contribution in [2.45, 2.75) is 75.5 Å². The summed E-state index contributed by atoms with van der Waals surface area (Å²) < 4.78 is 1.80. The molecule has 0 unspecified atom stereocenters. The van der Waals surface area contributed by atoms with Crippen molar-refractivity contribution in [2.75, 3.05) is 18.8 Å². The molecule has 0 spiro atoms. The Hall–Kier alpha value is -1.64. The highest BCUT2D eigenvalue weighted by atomic mass is 32.2. The van der Waals surface area contributed by atoms with Crippen LogP contribution in [0.2, 0.25) is 0 Å². The molecule has 1 heterocycles. The number of amides is 2. The van der Waals surface area contributed by atoms with Crippen molar-refractivity contribution in [1.82, 2.24) is 30.4 Å². The van der Waals surface area contributed by atoms with Gasteiger partial charge in [-0.2, -0.15) is 0 Å². The number of rotatable bonds is 8. The van der Waals surface area contributed by atoms with Crippen LogP contribution in [0, 0.1) is 0 Å². The molecule has 8 nitrogen and oxygen atoms in total. The molecule has 2 amide bonds. The zero-order valence-corrected chi connectivity index (χ0v) is 16.4. The van der Waals surface area contributed by atoms with Gasteiger partial charge in [-0.05, 0) is 50.0 Å². The molecule has 0 atom stereocenters. The molecule has 0 aliphatic heterocycles. The maximum Gasteiger partial charge on any atom is 0.248 e. The number of carbonyl (C=O) groups is 2. The smallest absolute Gasteiger partial charge is 0.248 e. The molecule has 1 aromatic heterocycles. The minimum absolute atomic E-state index is 0.0587. The van der Waals surface area contributed by atoms with Gasteiger partial charge in [0.05, 0.1) is 11.8 Å². The number of likely N-dealkylation sites (N-methyl/N-ethyl adjacent to an activating group) is 1. The number of hydrogen-bond acceptors (Lipinski definition) is 6. The number of hydrogen-bond donors (Lipinski definition) is 1. The van der Waals surface area contributed by atoms with Gasteiger partial charge >= 0.3 is 0 Å². The van der Waals surface area contributed by atoms with Crippen molar-refractivity contribution in [3.63, 3.8) is 0 Å². The zero-order valence-electron chi connectivity index (χ0n) is 15.6. The first kappa shape index (κ1) is 19.1. The lowest BCUT2D eigenvalue weighted by Crippen LogP contribution is -2.60. The average molecular weight is 381 g/mol. The van der Waals surface area contributed by atoms with E-state index in [0.29, 0.717) is 24.3 Å². The van der Waals surface area contributed by atoms with E-state index < -0.39 is 5.54 Å². The highest BCUT2D eigenvalue weighted by Gasteiger charge is 2.42. The van der Waals surface area contributed by atoms with Gasteiger partial charge in [-0.25, -0.2) is 4.68 Å². The normalized spacial score (nSPS) is 19.2. The summed E-state index contributed by atoms with van der Waals surface area (Å²) in [5, 5.41) is 15.5. The molecule has 1 N–H and O–H groups in total. The Kier molecular flexibility index (Phi) is 6.16. The summed E-state index contributed by atoms with van der Waals surface area (Å²) in [6.07, 6.45) is 6.68. The number of nitrogens with zero attached hydrogens (tertiary/aromatic N) is 5. The molecule has 0 aromatic carbocycles. The number of carbonyl (C=O) groups excluding carboxylic acids is 2. The predicted molar refractivity (Wildman–Crippen MR) is 98.7 cm³/mol. The average Bonchev–Trinajstić information content (AvgIpc) is 3.39. The zero-order chi connectivity index (χ0) is 18.6. The first-order chi connectivity index (χ1) is 12.6. The summed E-state index contributed by atoms with van der Waals surface area (Å²) in [4.78, 5) is 27.5. The summed E-state index contributed by atoms with van der Waals surface area (Å²) in [5.41, 5.74) is -0.746. The molecule has 2 saturated carbocycles. The molecule has 2 aliphatic rings. The van der Waals surface area contributed by atoms with E-state index >= 15 is 0 Å². The van der Waals surface area contributed by atoms with Gasteiger partial charge in [0.2, 0.25) is 17.0 Å². The van der Waals surface area contributed by atoms with Gasteiger partial charge < -0.3 is 10.2 Å². The topological polar surface area (TPSA) is 93.0 Å². The lowest BCUT2D eigenvalue weighted by atomic mass is 9.80. The van der Waals surface area contributed by atoms with E-state index in [1.54, 1.807) is 4.68 Å². The second-order valence-corrected chi connectivity index (χ2v) is 8.04. The molecule has 2 aliphatic carbocycles. The van der Waals surface area contributed by atoms with Crippen LogP contribution in [0.15, 0.2) is 5.16 Å². The van der Waals surface area contributed by atoms with Crippen molar-refractivity contribution >= 4 is 23.6 Å². The summed E-state index contributed by atoms with van der Waals surface area (Å²) in [6.45, 7) is 5.29. The van der Waals surface area contributed by atoms with Crippen LogP contribution in [-0.4, -0.2) is 61.3 Å². The van der Waals surface area contributed by atoms with E-state index in [2.05, 4.69) is 20.8 Å². The standard InChI is InChI=1S/C17H28N6O2S/c1-3-22(4-2)15(25)17(10-6-5-7-11-17)18-14(24)12-26-16-19-20-21-23(16)13-8-9-13/h13H,3-12H2,1-2H3,(H,18,24). The summed E-state index contributed by atoms with van der Waals surface area (Å²) in [6, 6.07) is 0.379. The first-order valence-electron chi connectivity index (χ1n) is 9.60. The van der Waals surface area contributed by atoms with E-state index in [-0.39, 0.29) is 17.6 Å². The van der Waals surface area contributed by atoms with Crippen LogP contribution in [0.4, 0.5) is 0 Å². The summed E-state index contributed by atoms with van der Waals surface area (Å²) in [7, 11) is 0. The fourth-order valence-electron chi connectivity index (χ4n) is 3.62. The molecule has 26 heavy (non-hydrogen) atoms. The lowest BCUT2D eigenvalue weighted by Gasteiger charge is -2.40. The van der Waals surface area contributed by atoms with Crippen LogP contribution in [0.25, 0.3) is 0 Å². The van der Waals surface area contributed by atoms with E-state index in [1.165, 1.54) is 11.8 Å². The van der Waals surface area contributed by atoms with E-state index in [0.717, 1.165) is 44.9 Å². The summed E-state index contributed by atoms with van der Waals surface area (Å²) in [5.74, 6) is 0.159. The maximum absolute atomic E-state index is 13.1. The Morgan fingerprint density at radius 2 is 1.92 bits per heavy atom. The van der Waals surface area contributed by atoms with Crippen molar-refractivity contribution < 1.29 is 9.59 Å². The number of nitrogens with one attached hydrogen (secondary N) is 1. The molecule has 9 heteroatoms. The van der Waals surface area contributed by atoms with E-state index in [1.807, 2.05) is 18.7 Å². The van der Waals surface area contributed by atoms with Crippen LogP contribution in [0.1, 0.15) is 64.8 Å². The van der Waals surface area contributed by atoms with Gasteiger partial charge in [0.15, 0.2) is 0 Å². The fourth-order valence-corrected chi connectivity index (χ4v) is 4.37. The molecule has 0 saturated heterocycles. The van der Waals surface area contributed by atoms with Gasteiger partial charge in [0.25, 0.3) is 0 Å². The van der Waals surface area contributed by atoms with Crippen LogP contribution in [-0.2, 0) is 9.59 Å². The van der Waals surface area contributed by atoms with Crippen molar-refractivity contribution in [1.29, 1.82) is 0 Å². The van der Waals surface area contributed by atoms with Crippen molar-refractivity contribution in [3.8, 4) is 0 Å². The highest BCUT2D eigenvalue weighted by molar-refractivity contribution is 7.99. The quantitative estimate of drug-likeness (QED) is 0.691. The van der Waals surface area contributed by atoms with Gasteiger partial charge in [0, 0.05) is 13.1 Å². The van der Waals surface area contributed by atoms with Crippen LogP contribution >= 0.6 is 11.8 Å². The molecule has 0 radical (unpaired) electrons. The summed E-state index contributed by atoms with van der Waals surface area (Å²) >= 11 is 1.34. The van der Waals surface area contributed by atoms with Crippen LogP contribution in [0.5, 0.6) is 0 Å². The molecule has 1 aromatic rings. The molecular weight excluding hydrogens is 352 g/mol. The number of aromatic nitrogens is 4. The SMILES string of the molecule is CCN(CC)C(=O)C1(NC(=O)CSc2nnnn2C2CC2)CCCCC1. The second-order valence-electron chi connectivity index (χ2n) is 7.09. The van der Waals surface area contributed by atoms with Crippen LogP contribution < -0.4 is 5.32 Å². The van der Waals surface area contributed by atoms with Crippen LogP contribution in [0.3, 0.4) is 0 Å². The predicted octanol–water partition coefficient (Wildman–Crippen LogP) is 1.79. The third-order valence-corrected chi connectivity index (χ3v) is 6.17. The molecule has 144 valence electrons. The third kappa shape index (κ3) is 4.19. The minimum atomic E-state index is -0.746. The molecule has 3 rings (SSSR count).